The molecule has 0 bridgehead atoms. The van der Waals surface area contributed by atoms with Gasteiger partial charge in [0.05, 0.1) is 16.4 Å². The number of rotatable bonds is 6. The van der Waals surface area contributed by atoms with Crippen molar-refractivity contribution >= 4 is 21.8 Å². The molecule has 1 spiro atoms. The zero-order valence-corrected chi connectivity index (χ0v) is 40.3. The van der Waals surface area contributed by atoms with E-state index >= 15 is 0 Å². The Morgan fingerprint density at radius 3 is 1.46 bits per heavy atom. The third-order valence-corrected chi connectivity index (χ3v) is 15.2. The van der Waals surface area contributed by atoms with Crippen LogP contribution in [0.4, 0.5) is 0 Å². The van der Waals surface area contributed by atoms with Crippen LogP contribution >= 0.6 is 0 Å². The fourth-order valence-electron chi connectivity index (χ4n) is 11.9. The Labute approximate surface area is 419 Å². The van der Waals surface area contributed by atoms with E-state index in [4.69, 9.17) is 15.0 Å². The van der Waals surface area contributed by atoms with Crippen LogP contribution in [0.3, 0.4) is 0 Å². The number of hydrogen-bond donors (Lipinski definition) is 0. The van der Waals surface area contributed by atoms with Gasteiger partial charge in [-0.1, -0.05) is 227 Å². The molecule has 340 valence electrons. The quantitative estimate of drug-likeness (QED) is 0.167. The first kappa shape index (κ1) is 41.9. The Morgan fingerprint density at radius 2 is 0.833 bits per heavy atom. The molecule has 72 heavy (non-hydrogen) atoms. The molecule has 0 N–H and O–H groups in total. The molecule has 2 aliphatic carbocycles. The van der Waals surface area contributed by atoms with Crippen molar-refractivity contribution in [2.45, 2.75) is 31.6 Å². The van der Waals surface area contributed by atoms with Crippen LogP contribution in [-0.2, 0) is 10.8 Å². The molecule has 2 aromatic heterocycles. The Hall–Kier alpha value is -8.99. The number of nitrogens with zero attached hydrogens (tertiary/aromatic N) is 4. The molecule has 4 heteroatoms. The lowest BCUT2D eigenvalue weighted by Crippen LogP contribution is -2.25. The largest absolute Gasteiger partial charge is 0.277 e. The highest BCUT2D eigenvalue weighted by atomic mass is 15.2. The van der Waals surface area contributed by atoms with E-state index in [-0.39, 0.29) is 5.41 Å². The predicted molar refractivity (Wildman–Crippen MR) is 296 cm³/mol. The van der Waals surface area contributed by atoms with Crippen molar-refractivity contribution in [1.29, 1.82) is 0 Å². The van der Waals surface area contributed by atoms with Gasteiger partial charge in [0.15, 0.2) is 11.6 Å². The maximum Gasteiger partial charge on any atom is 0.238 e. The first-order valence-corrected chi connectivity index (χ1v) is 24.9. The minimum Gasteiger partial charge on any atom is -0.277 e. The summed E-state index contributed by atoms with van der Waals surface area (Å²) in [7, 11) is 0. The topological polar surface area (TPSA) is 43.6 Å². The second kappa shape index (κ2) is 16.0. The maximum atomic E-state index is 5.58. The third kappa shape index (κ3) is 6.35. The minimum atomic E-state index is -0.503. The summed E-state index contributed by atoms with van der Waals surface area (Å²) in [6.45, 7) is 6.74. The van der Waals surface area contributed by atoms with Gasteiger partial charge in [0, 0.05) is 27.5 Å². The molecule has 0 radical (unpaired) electrons. The monoisotopic (exact) mass is 920 g/mol. The van der Waals surface area contributed by atoms with Gasteiger partial charge < -0.3 is 0 Å². The SMILES string of the molecule is CC(C)(C)c1ccc(-c2nc(-c3cccc(-c4cc(-c5ccccc5)cc(-c5ccccc5)c4)c3)nc(-n3c4ccccc4c4ccc5c(c43)-c3ccccc3C53c4ccccc4-c4ccccc43)n2)cc1. The van der Waals surface area contributed by atoms with E-state index in [1.54, 1.807) is 0 Å². The minimum absolute atomic E-state index is 0.00999. The summed E-state index contributed by atoms with van der Waals surface area (Å²) in [6.07, 6.45) is 0. The van der Waals surface area contributed by atoms with E-state index in [9.17, 15) is 0 Å². The Kier molecular flexibility index (Phi) is 9.33. The predicted octanol–water partition coefficient (Wildman–Crippen LogP) is 16.9. The summed E-state index contributed by atoms with van der Waals surface area (Å²) in [5.74, 6) is 1.79. The van der Waals surface area contributed by atoms with Crippen LogP contribution in [0.15, 0.2) is 237 Å². The average Bonchev–Trinajstić information content (AvgIpc) is 4.05. The lowest BCUT2D eigenvalue weighted by Gasteiger charge is -2.30. The van der Waals surface area contributed by atoms with Gasteiger partial charge in [-0.15, -0.1) is 0 Å². The fourth-order valence-corrected chi connectivity index (χ4v) is 11.9. The molecule has 4 nitrogen and oxygen atoms in total. The van der Waals surface area contributed by atoms with Crippen molar-refractivity contribution in [2.24, 2.45) is 0 Å². The summed E-state index contributed by atoms with van der Waals surface area (Å²) in [4.78, 5) is 16.5. The van der Waals surface area contributed by atoms with E-state index in [1.807, 2.05) is 0 Å². The fraction of sp³-hybridized carbons (Fsp3) is 0.0735. The van der Waals surface area contributed by atoms with Gasteiger partial charge >= 0.3 is 0 Å². The van der Waals surface area contributed by atoms with Gasteiger partial charge in [-0.2, -0.15) is 9.97 Å². The van der Waals surface area contributed by atoms with Crippen LogP contribution in [0.1, 0.15) is 48.6 Å². The van der Waals surface area contributed by atoms with Gasteiger partial charge in [-0.3, -0.25) is 4.57 Å². The van der Waals surface area contributed by atoms with Crippen molar-refractivity contribution in [3.05, 3.63) is 264 Å². The molecule has 0 amide bonds. The second-order valence-electron chi connectivity index (χ2n) is 20.3. The summed E-state index contributed by atoms with van der Waals surface area (Å²) in [5.41, 5.74) is 21.7. The lowest BCUT2D eigenvalue weighted by molar-refractivity contribution is 0.590. The van der Waals surface area contributed by atoms with Crippen molar-refractivity contribution in [3.63, 3.8) is 0 Å². The molecule has 12 aromatic rings. The molecule has 14 rings (SSSR count). The zero-order chi connectivity index (χ0) is 48.1. The smallest absolute Gasteiger partial charge is 0.238 e. The number of benzene rings is 10. The van der Waals surface area contributed by atoms with Gasteiger partial charge in [0.25, 0.3) is 0 Å². The maximum absolute atomic E-state index is 5.58. The third-order valence-electron chi connectivity index (χ3n) is 15.2. The van der Waals surface area contributed by atoms with Gasteiger partial charge in [0.2, 0.25) is 5.95 Å². The highest BCUT2D eigenvalue weighted by Crippen LogP contribution is 2.64. The molecule has 2 heterocycles. The first-order valence-electron chi connectivity index (χ1n) is 24.9. The van der Waals surface area contributed by atoms with Crippen LogP contribution in [0.5, 0.6) is 0 Å². The van der Waals surface area contributed by atoms with Gasteiger partial charge in [-0.25, -0.2) is 4.98 Å². The van der Waals surface area contributed by atoms with Gasteiger partial charge in [0.1, 0.15) is 0 Å². The molecular weight excluding hydrogens is 873 g/mol. The normalized spacial score (nSPS) is 13.0. The summed E-state index contributed by atoms with van der Waals surface area (Å²) >= 11 is 0. The number of fused-ring (bicyclic) bond motifs is 14. The van der Waals surface area contributed by atoms with Crippen LogP contribution < -0.4 is 0 Å². The highest BCUT2D eigenvalue weighted by molar-refractivity contribution is 6.16. The van der Waals surface area contributed by atoms with Crippen LogP contribution in [-0.4, -0.2) is 19.5 Å². The Bertz CT molecular complexity index is 4020. The molecule has 0 aliphatic heterocycles. The number of hydrogen-bond acceptors (Lipinski definition) is 3. The Morgan fingerprint density at radius 1 is 0.347 bits per heavy atom. The molecule has 10 aromatic carbocycles. The Balaban J connectivity index is 1.02. The molecule has 0 saturated heterocycles. The second-order valence-corrected chi connectivity index (χ2v) is 20.3. The van der Waals surface area contributed by atoms with E-state index in [0.29, 0.717) is 17.6 Å². The molecule has 0 fully saturated rings. The van der Waals surface area contributed by atoms with E-state index in [0.717, 1.165) is 55.2 Å². The van der Waals surface area contributed by atoms with Crippen molar-refractivity contribution in [3.8, 4) is 84.4 Å². The highest BCUT2D eigenvalue weighted by Gasteiger charge is 2.52. The number of para-hydroxylation sites is 1. The summed E-state index contributed by atoms with van der Waals surface area (Å²) in [5, 5.41) is 2.30. The molecule has 0 saturated carbocycles. The zero-order valence-electron chi connectivity index (χ0n) is 40.3. The summed E-state index contributed by atoms with van der Waals surface area (Å²) < 4.78 is 2.32. The first-order chi connectivity index (χ1) is 35.3. The van der Waals surface area contributed by atoms with Crippen LogP contribution in [0, 0.1) is 0 Å². The van der Waals surface area contributed by atoms with E-state index in [2.05, 4.69) is 262 Å². The van der Waals surface area contributed by atoms with Crippen molar-refractivity contribution in [1.82, 2.24) is 19.5 Å². The molecule has 2 aliphatic rings. The van der Waals surface area contributed by atoms with Crippen molar-refractivity contribution < 1.29 is 0 Å². The van der Waals surface area contributed by atoms with Crippen LogP contribution in [0.2, 0.25) is 0 Å². The molecule has 0 atom stereocenters. The van der Waals surface area contributed by atoms with E-state index < -0.39 is 5.41 Å². The standard InChI is InChI=1S/C68H48N4/c1-67(2,3)51-35-33-45(34-36-51)64-69-65(47-24-18-23-46(39-47)50-41-48(43-19-6-4-7-20-43)40-49(42-50)44-21-8-5-9-22-44)71-66(70-64)72-61-32-17-13-27-54(61)55-37-38-60-62(63(55)72)56-28-12-16-31-59(56)68(60)57-29-14-10-25-52(57)53-26-11-15-30-58(53)68/h4-42H,1-3H3. The van der Waals surface area contributed by atoms with E-state index in [1.165, 1.54) is 61.2 Å². The lowest BCUT2D eigenvalue weighted by atomic mass is 9.70. The van der Waals surface area contributed by atoms with Crippen molar-refractivity contribution in [2.75, 3.05) is 0 Å². The molecular formula is C68H48N4. The summed E-state index contributed by atoms with van der Waals surface area (Å²) in [6, 6.07) is 86.1. The van der Waals surface area contributed by atoms with Crippen LogP contribution in [0.25, 0.3) is 106 Å². The van der Waals surface area contributed by atoms with Gasteiger partial charge in [-0.05, 0) is 114 Å². The number of aromatic nitrogens is 4. The molecule has 0 unspecified atom stereocenters. The average molecular weight is 921 g/mol.